The van der Waals surface area contributed by atoms with Gasteiger partial charge in [0.05, 0.1) is 12.2 Å². The molecule has 0 aromatic rings. The highest BCUT2D eigenvalue weighted by molar-refractivity contribution is 5.12. The molecule has 0 unspecified atom stereocenters. The smallest absolute Gasteiger partial charge is 0.0632 e. The Labute approximate surface area is 87.5 Å². The number of rotatable bonds is 0. The largest absolute Gasteiger partial charge is 0.375 e. The summed E-state index contributed by atoms with van der Waals surface area (Å²) in [4.78, 5) is 0. The molecule has 3 atom stereocenters. The van der Waals surface area contributed by atoms with Gasteiger partial charge in [0.2, 0.25) is 0 Å². The average molecular weight is 194 g/mol. The summed E-state index contributed by atoms with van der Waals surface area (Å²) in [5.74, 6) is 2.32. The van der Waals surface area contributed by atoms with Crippen molar-refractivity contribution in [3.05, 3.63) is 11.6 Å². The maximum Gasteiger partial charge on any atom is 0.0632 e. The van der Waals surface area contributed by atoms with E-state index in [1.807, 2.05) is 0 Å². The van der Waals surface area contributed by atoms with Crippen LogP contribution in [0.1, 0.15) is 40.5 Å². The standard InChI is InChI=1S/C13H22O/c1-9-5-11-7-13(3,4)14-8-12(11)6-10(9)2/h5,10-12H,6-8H2,1-4H3/t10-,11-,12-/m0/s1. The van der Waals surface area contributed by atoms with Crippen molar-refractivity contribution >= 4 is 0 Å². The lowest BCUT2D eigenvalue weighted by Gasteiger charge is -2.43. The molecule has 2 aliphatic rings. The SMILES string of the molecule is CC1=C[C@H]2CC(C)(C)OC[C@@H]2C[C@@H]1C. The fourth-order valence-corrected chi connectivity index (χ4v) is 2.83. The van der Waals surface area contributed by atoms with Gasteiger partial charge in [0, 0.05) is 0 Å². The number of fused-ring (bicyclic) bond motifs is 1. The molecule has 0 bridgehead atoms. The topological polar surface area (TPSA) is 9.23 Å². The molecule has 80 valence electrons. The van der Waals surface area contributed by atoms with E-state index < -0.39 is 0 Å². The van der Waals surface area contributed by atoms with E-state index in [0.29, 0.717) is 0 Å². The molecular formula is C13H22O. The first-order chi connectivity index (χ1) is 6.48. The molecule has 0 radical (unpaired) electrons. The third-order valence-electron chi connectivity index (χ3n) is 3.93. The van der Waals surface area contributed by atoms with E-state index in [1.54, 1.807) is 5.57 Å². The molecule has 1 heterocycles. The van der Waals surface area contributed by atoms with Crippen molar-refractivity contribution in [2.75, 3.05) is 6.61 Å². The van der Waals surface area contributed by atoms with Crippen LogP contribution in [0.15, 0.2) is 11.6 Å². The third-order valence-corrected chi connectivity index (χ3v) is 3.93. The zero-order valence-electron chi connectivity index (χ0n) is 9.84. The molecule has 0 aromatic heterocycles. The molecule has 1 nitrogen and oxygen atoms in total. The van der Waals surface area contributed by atoms with Crippen LogP contribution in [0, 0.1) is 17.8 Å². The van der Waals surface area contributed by atoms with E-state index in [1.165, 1.54) is 12.8 Å². The van der Waals surface area contributed by atoms with Gasteiger partial charge in [-0.3, -0.25) is 0 Å². The van der Waals surface area contributed by atoms with Crippen molar-refractivity contribution in [1.82, 2.24) is 0 Å². The van der Waals surface area contributed by atoms with Crippen LogP contribution in [-0.4, -0.2) is 12.2 Å². The zero-order chi connectivity index (χ0) is 10.3. The summed E-state index contributed by atoms with van der Waals surface area (Å²) in [6.45, 7) is 10.0. The highest BCUT2D eigenvalue weighted by atomic mass is 16.5. The van der Waals surface area contributed by atoms with Crippen LogP contribution in [-0.2, 0) is 4.74 Å². The van der Waals surface area contributed by atoms with E-state index in [0.717, 1.165) is 24.4 Å². The first-order valence-corrected chi connectivity index (χ1v) is 5.80. The molecule has 1 saturated heterocycles. The number of hydrogen-bond acceptors (Lipinski definition) is 1. The van der Waals surface area contributed by atoms with E-state index in [4.69, 9.17) is 4.74 Å². The lowest BCUT2D eigenvalue weighted by Crippen LogP contribution is -2.41. The predicted molar refractivity (Wildman–Crippen MR) is 59.2 cm³/mol. The molecule has 0 N–H and O–H groups in total. The molecule has 1 fully saturated rings. The number of ether oxygens (including phenoxy) is 1. The Hall–Kier alpha value is -0.300. The molecule has 0 saturated carbocycles. The zero-order valence-corrected chi connectivity index (χ0v) is 9.84. The van der Waals surface area contributed by atoms with Crippen molar-refractivity contribution in [3.63, 3.8) is 0 Å². The quantitative estimate of drug-likeness (QED) is 0.537. The van der Waals surface area contributed by atoms with E-state index in [-0.39, 0.29) is 5.60 Å². The highest BCUT2D eigenvalue weighted by Gasteiger charge is 2.37. The minimum absolute atomic E-state index is 0.0958. The van der Waals surface area contributed by atoms with Gasteiger partial charge in [0.25, 0.3) is 0 Å². The third kappa shape index (κ3) is 1.88. The van der Waals surface area contributed by atoms with Crippen LogP contribution >= 0.6 is 0 Å². The van der Waals surface area contributed by atoms with Crippen LogP contribution in [0.3, 0.4) is 0 Å². The summed E-state index contributed by atoms with van der Waals surface area (Å²) < 4.78 is 5.89. The summed E-state index contributed by atoms with van der Waals surface area (Å²) in [5.41, 5.74) is 1.68. The van der Waals surface area contributed by atoms with Gasteiger partial charge in [0.15, 0.2) is 0 Å². The van der Waals surface area contributed by atoms with Crippen LogP contribution < -0.4 is 0 Å². The van der Waals surface area contributed by atoms with Gasteiger partial charge in [-0.2, -0.15) is 0 Å². The molecular weight excluding hydrogens is 172 g/mol. The van der Waals surface area contributed by atoms with Gasteiger partial charge in [-0.1, -0.05) is 18.6 Å². The summed E-state index contributed by atoms with van der Waals surface area (Å²) in [6, 6.07) is 0. The molecule has 0 amide bonds. The fraction of sp³-hybridized carbons (Fsp3) is 0.846. The first-order valence-electron chi connectivity index (χ1n) is 5.80. The predicted octanol–water partition coefficient (Wildman–Crippen LogP) is 3.40. The maximum absolute atomic E-state index is 5.89. The van der Waals surface area contributed by atoms with Gasteiger partial charge in [-0.25, -0.2) is 0 Å². The summed E-state index contributed by atoms with van der Waals surface area (Å²) >= 11 is 0. The van der Waals surface area contributed by atoms with Gasteiger partial charge in [0.1, 0.15) is 0 Å². The van der Waals surface area contributed by atoms with E-state index >= 15 is 0 Å². The summed E-state index contributed by atoms with van der Waals surface area (Å²) in [6.07, 6.45) is 5.02. The van der Waals surface area contributed by atoms with E-state index in [9.17, 15) is 0 Å². The molecule has 1 aliphatic carbocycles. The molecule has 1 aliphatic heterocycles. The highest BCUT2D eigenvalue weighted by Crippen LogP contribution is 2.41. The Morgan fingerprint density at radius 2 is 2.14 bits per heavy atom. The van der Waals surface area contributed by atoms with Crippen LogP contribution in [0.2, 0.25) is 0 Å². The average Bonchev–Trinajstić information content (AvgIpc) is 2.07. The van der Waals surface area contributed by atoms with Crippen LogP contribution in [0.5, 0.6) is 0 Å². The van der Waals surface area contributed by atoms with Crippen LogP contribution in [0.4, 0.5) is 0 Å². The van der Waals surface area contributed by atoms with Crippen molar-refractivity contribution < 1.29 is 4.74 Å². The first kappa shape index (κ1) is 10.2. The van der Waals surface area contributed by atoms with Gasteiger partial charge in [-0.15, -0.1) is 0 Å². The van der Waals surface area contributed by atoms with E-state index in [2.05, 4.69) is 33.8 Å². The van der Waals surface area contributed by atoms with Crippen molar-refractivity contribution in [2.24, 2.45) is 17.8 Å². The Balaban J connectivity index is 2.14. The van der Waals surface area contributed by atoms with Gasteiger partial charge < -0.3 is 4.74 Å². The second-order valence-corrected chi connectivity index (χ2v) is 5.75. The Morgan fingerprint density at radius 1 is 1.43 bits per heavy atom. The summed E-state index contributed by atoms with van der Waals surface area (Å²) in [7, 11) is 0. The molecule has 14 heavy (non-hydrogen) atoms. The van der Waals surface area contributed by atoms with Gasteiger partial charge >= 0.3 is 0 Å². The van der Waals surface area contributed by atoms with Crippen molar-refractivity contribution in [2.45, 2.75) is 46.1 Å². The molecule has 1 heteroatoms. The maximum atomic E-state index is 5.89. The van der Waals surface area contributed by atoms with Crippen LogP contribution in [0.25, 0.3) is 0 Å². The number of hydrogen-bond donors (Lipinski definition) is 0. The summed E-state index contributed by atoms with van der Waals surface area (Å²) in [5, 5.41) is 0. The second kappa shape index (κ2) is 3.37. The molecule has 2 rings (SSSR count). The number of allylic oxidation sites excluding steroid dienone is 2. The molecule has 0 spiro atoms. The Bertz CT molecular complexity index is 252. The molecule has 0 aromatic carbocycles. The Morgan fingerprint density at radius 3 is 2.86 bits per heavy atom. The fourth-order valence-electron chi connectivity index (χ4n) is 2.83. The monoisotopic (exact) mass is 194 g/mol. The minimum atomic E-state index is 0.0958. The van der Waals surface area contributed by atoms with Crippen molar-refractivity contribution in [3.8, 4) is 0 Å². The normalized spacial score (nSPS) is 41.4. The minimum Gasteiger partial charge on any atom is -0.375 e. The lowest BCUT2D eigenvalue weighted by atomic mass is 9.71. The second-order valence-electron chi connectivity index (χ2n) is 5.75. The van der Waals surface area contributed by atoms with Gasteiger partial charge in [-0.05, 0) is 51.4 Å². The van der Waals surface area contributed by atoms with Crippen molar-refractivity contribution in [1.29, 1.82) is 0 Å². The lowest BCUT2D eigenvalue weighted by molar-refractivity contribution is -0.0987. The Kier molecular flexibility index (Phi) is 2.46.